The van der Waals surface area contributed by atoms with E-state index in [-0.39, 0.29) is 5.56 Å². The van der Waals surface area contributed by atoms with Gasteiger partial charge in [0.25, 0.3) is 5.56 Å². The maximum Gasteiger partial charge on any atom is 0.251 e. The van der Waals surface area contributed by atoms with Crippen LogP contribution in [0.4, 0.5) is 5.69 Å². The molecule has 2 aromatic rings. The average molecular weight is 246 g/mol. The minimum Gasteiger partial charge on any atom is -0.385 e. The van der Waals surface area contributed by atoms with Crippen LogP contribution in [0.25, 0.3) is 10.9 Å². The van der Waals surface area contributed by atoms with Crippen LogP contribution >= 0.6 is 0 Å². The zero-order valence-electron chi connectivity index (χ0n) is 11.6. The van der Waals surface area contributed by atoms with Crippen LogP contribution in [0.2, 0.25) is 0 Å². The third-order valence-electron chi connectivity index (χ3n) is 2.68. The Kier molecular flexibility index (Phi) is 5.43. The summed E-state index contributed by atoms with van der Waals surface area (Å²) in [5.74, 6) is 0. The number of nitrogens with one attached hydrogen (secondary N) is 2. The van der Waals surface area contributed by atoms with Gasteiger partial charge in [0.05, 0.1) is 5.52 Å². The normalized spacial score (nSPS) is 9.78. The molecule has 0 aliphatic rings. The van der Waals surface area contributed by atoms with E-state index in [1.807, 2.05) is 52.0 Å². The third kappa shape index (κ3) is 3.13. The summed E-state index contributed by atoms with van der Waals surface area (Å²) in [5, 5.41) is 4.31. The van der Waals surface area contributed by atoms with E-state index in [1.54, 1.807) is 0 Å². The summed E-state index contributed by atoms with van der Waals surface area (Å²) in [6.45, 7) is 8.92. The maximum absolute atomic E-state index is 11.7. The van der Waals surface area contributed by atoms with E-state index in [0.717, 1.165) is 35.1 Å². The highest BCUT2D eigenvalue weighted by molar-refractivity contribution is 5.82. The number of pyridine rings is 1. The predicted octanol–water partition coefficient (Wildman–Crippen LogP) is 3.55. The van der Waals surface area contributed by atoms with Crippen LogP contribution in [0, 0.1) is 0 Å². The smallest absolute Gasteiger partial charge is 0.251 e. The molecule has 0 amide bonds. The molecular formula is C15H22N2O. The van der Waals surface area contributed by atoms with Crippen molar-refractivity contribution in [3.63, 3.8) is 0 Å². The molecule has 0 aliphatic heterocycles. The van der Waals surface area contributed by atoms with Gasteiger partial charge in [0.1, 0.15) is 0 Å². The number of hydrogen-bond donors (Lipinski definition) is 2. The molecule has 2 N–H and O–H groups in total. The first kappa shape index (κ1) is 14.3. The van der Waals surface area contributed by atoms with Crippen molar-refractivity contribution in [3.8, 4) is 0 Å². The molecule has 0 saturated heterocycles. The van der Waals surface area contributed by atoms with Crippen LogP contribution in [-0.4, -0.2) is 11.5 Å². The summed E-state index contributed by atoms with van der Waals surface area (Å²) in [6.07, 6.45) is 0.764. The number of aromatic nitrogens is 1. The first-order chi connectivity index (χ1) is 8.74. The van der Waals surface area contributed by atoms with Gasteiger partial charge in [-0.1, -0.05) is 26.8 Å². The molecule has 98 valence electrons. The monoisotopic (exact) mass is 246 g/mol. The second-order valence-corrected chi connectivity index (χ2v) is 3.81. The molecule has 0 spiro atoms. The minimum atomic E-state index is 0.0173. The van der Waals surface area contributed by atoms with Crippen LogP contribution < -0.4 is 10.9 Å². The lowest BCUT2D eigenvalue weighted by Crippen LogP contribution is -2.11. The highest BCUT2D eigenvalue weighted by Crippen LogP contribution is 2.16. The molecule has 0 aliphatic carbocycles. The van der Waals surface area contributed by atoms with Crippen molar-refractivity contribution in [2.75, 3.05) is 11.9 Å². The summed E-state index contributed by atoms with van der Waals surface area (Å²) < 4.78 is 0. The molecule has 0 unspecified atom stereocenters. The molecule has 1 aromatic heterocycles. The first-order valence-electron chi connectivity index (χ1n) is 6.64. The van der Waals surface area contributed by atoms with Gasteiger partial charge in [0.2, 0.25) is 0 Å². The zero-order valence-corrected chi connectivity index (χ0v) is 11.6. The Balaban J connectivity index is 0.000000771. The quantitative estimate of drug-likeness (QED) is 0.870. The highest BCUT2D eigenvalue weighted by atomic mass is 16.1. The van der Waals surface area contributed by atoms with Gasteiger partial charge in [-0.25, -0.2) is 0 Å². The summed E-state index contributed by atoms with van der Waals surface area (Å²) in [6, 6.07) is 8.00. The maximum atomic E-state index is 11.7. The van der Waals surface area contributed by atoms with Crippen molar-refractivity contribution in [2.45, 2.75) is 34.1 Å². The van der Waals surface area contributed by atoms with E-state index in [4.69, 9.17) is 0 Å². The Hall–Kier alpha value is -1.77. The lowest BCUT2D eigenvalue weighted by molar-refractivity contribution is 1.08. The highest BCUT2D eigenvalue weighted by Gasteiger charge is 2.01. The molecule has 0 atom stereocenters. The number of fused-ring (bicyclic) bond motifs is 1. The summed E-state index contributed by atoms with van der Waals surface area (Å²) in [5.41, 5.74) is 2.78. The van der Waals surface area contributed by atoms with Gasteiger partial charge in [0, 0.05) is 17.8 Å². The lowest BCUT2D eigenvalue weighted by Gasteiger charge is -2.05. The Bertz CT molecular complexity index is 558. The number of benzene rings is 1. The van der Waals surface area contributed by atoms with E-state index in [0.29, 0.717) is 0 Å². The van der Waals surface area contributed by atoms with Crippen LogP contribution in [0.15, 0.2) is 29.1 Å². The van der Waals surface area contributed by atoms with Crippen LogP contribution in [0.3, 0.4) is 0 Å². The van der Waals surface area contributed by atoms with Gasteiger partial charge in [-0.15, -0.1) is 0 Å². The molecule has 0 bridgehead atoms. The van der Waals surface area contributed by atoms with Gasteiger partial charge < -0.3 is 10.3 Å². The molecule has 0 saturated carbocycles. The molecule has 3 heteroatoms. The first-order valence-corrected chi connectivity index (χ1v) is 6.64. The fourth-order valence-electron chi connectivity index (χ4n) is 1.82. The molecule has 2 rings (SSSR count). The molecule has 3 nitrogen and oxygen atoms in total. The topological polar surface area (TPSA) is 44.9 Å². The third-order valence-corrected chi connectivity index (χ3v) is 2.68. The number of rotatable bonds is 3. The second-order valence-electron chi connectivity index (χ2n) is 3.81. The number of aryl methyl sites for hydroxylation is 1. The SMILES string of the molecule is CC.CCNc1ccc2cc(CC)c(=O)[nH]c2c1. The van der Waals surface area contributed by atoms with E-state index < -0.39 is 0 Å². The number of anilines is 1. The zero-order chi connectivity index (χ0) is 13.5. The summed E-state index contributed by atoms with van der Waals surface area (Å²) in [4.78, 5) is 14.6. The number of hydrogen-bond acceptors (Lipinski definition) is 2. The second kappa shape index (κ2) is 6.84. The van der Waals surface area contributed by atoms with E-state index >= 15 is 0 Å². The Morgan fingerprint density at radius 3 is 2.50 bits per heavy atom. The fraction of sp³-hybridized carbons (Fsp3) is 0.400. The predicted molar refractivity (Wildman–Crippen MR) is 79.5 cm³/mol. The Morgan fingerprint density at radius 2 is 1.89 bits per heavy atom. The fourth-order valence-corrected chi connectivity index (χ4v) is 1.82. The standard InChI is InChI=1S/C13H16N2O.C2H6/c1-3-9-7-10-5-6-11(14-4-2)8-12(10)15-13(9)16;1-2/h5-8,14H,3-4H2,1-2H3,(H,15,16);1-2H3. The number of H-pyrrole nitrogens is 1. The van der Waals surface area contributed by atoms with E-state index in [9.17, 15) is 4.79 Å². The Labute approximate surface area is 108 Å². The van der Waals surface area contributed by atoms with Crippen molar-refractivity contribution in [3.05, 3.63) is 40.2 Å². The molecular weight excluding hydrogens is 224 g/mol. The molecule has 0 radical (unpaired) electrons. The minimum absolute atomic E-state index is 0.0173. The van der Waals surface area contributed by atoms with Gasteiger partial charge in [-0.05, 0) is 36.9 Å². The summed E-state index contributed by atoms with van der Waals surface area (Å²) >= 11 is 0. The van der Waals surface area contributed by atoms with Crippen LogP contribution in [0.1, 0.15) is 33.3 Å². The van der Waals surface area contributed by atoms with Gasteiger partial charge in [-0.2, -0.15) is 0 Å². The van der Waals surface area contributed by atoms with Crippen LogP contribution in [0.5, 0.6) is 0 Å². The van der Waals surface area contributed by atoms with Gasteiger partial charge in [0.15, 0.2) is 0 Å². The Morgan fingerprint density at radius 1 is 1.17 bits per heavy atom. The van der Waals surface area contributed by atoms with Gasteiger partial charge >= 0.3 is 0 Å². The van der Waals surface area contributed by atoms with Crippen molar-refractivity contribution >= 4 is 16.6 Å². The van der Waals surface area contributed by atoms with Gasteiger partial charge in [-0.3, -0.25) is 4.79 Å². The average Bonchev–Trinajstić information content (AvgIpc) is 2.40. The van der Waals surface area contributed by atoms with E-state index in [1.165, 1.54) is 0 Å². The van der Waals surface area contributed by atoms with Crippen molar-refractivity contribution in [1.82, 2.24) is 4.98 Å². The van der Waals surface area contributed by atoms with Crippen LogP contribution in [-0.2, 0) is 6.42 Å². The molecule has 1 aromatic carbocycles. The van der Waals surface area contributed by atoms with Crippen molar-refractivity contribution < 1.29 is 0 Å². The number of aromatic amines is 1. The molecule has 1 heterocycles. The largest absolute Gasteiger partial charge is 0.385 e. The lowest BCUT2D eigenvalue weighted by atomic mass is 10.1. The molecule has 18 heavy (non-hydrogen) atoms. The van der Waals surface area contributed by atoms with Crippen molar-refractivity contribution in [2.24, 2.45) is 0 Å². The summed E-state index contributed by atoms with van der Waals surface area (Å²) in [7, 11) is 0. The van der Waals surface area contributed by atoms with Crippen molar-refractivity contribution in [1.29, 1.82) is 0 Å². The molecule has 0 fully saturated rings. The van der Waals surface area contributed by atoms with E-state index in [2.05, 4.69) is 10.3 Å².